The summed E-state index contributed by atoms with van der Waals surface area (Å²) in [4.78, 5) is 24.1. The van der Waals surface area contributed by atoms with Gasteiger partial charge in [0, 0.05) is 0 Å². The summed E-state index contributed by atoms with van der Waals surface area (Å²) in [5.74, 6) is -2.34. The third-order valence-electron chi connectivity index (χ3n) is 2.97. The van der Waals surface area contributed by atoms with Crippen LogP contribution >= 0.6 is 11.3 Å². The molecule has 1 amide bonds. The summed E-state index contributed by atoms with van der Waals surface area (Å²) in [5, 5.41) is 2.68. The number of hydrogen-bond donors (Lipinski definition) is 1. The average molecular weight is 309 g/mol. The first-order chi connectivity index (χ1) is 9.88. The number of Topliss-reactive ketones (excluding diaryl/α,β-unsaturated/α-hetero) is 1. The molecule has 1 unspecified atom stereocenters. The first kappa shape index (κ1) is 15.3. The molecule has 0 radical (unpaired) electrons. The van der Waals surface area contributed by atoms with Crippen LogP contribution in [0.1, 0.15) is 44.8 Å². The number of carbonyl (C=O) groups excluding carboxylic acids is 2. The summed E-state index contributed by atoms with van der Waals surface area (Å²) >= 11 is 1.10. The number of amides is 1. The Kier molecular flexibility index (Phi) is 4.47. The van der Waals surface area contributed by atoms with E-state index < -0.39 is 17.7 Å². The van der Waals surface area contributed by atoms with Gasteiger partial charge in [0.1, 0.15) is 0 Å². The summed E-state index contributed by atoms with van der Waals surface area (Å²) in [6.07, 6.45) is 0. The van der Waals surface area contributed by atoms with Crippen LogP contribution in [0.25, 0.3) is 0 Å². The molecule has 0 aliphatic heterocycles. The molecule has 0 fully saturated rings. The maximum absolute atomic E-state index is 13.2. The van der Waals surface area contributed by atoms with Gasteiger partial charge in [0.25, 0.3) is 5.91 Å². The molecule has 6 heteroatoms. The van der Waals surface area contributed by atoms with Crippen LogP contribution in [-0.2, 0) is 0 Å². The van der Waals surface area contributed by atoms with Gasteiger partial charge in [0.2, 0.25) is 0 Å². The molecule has 0 saturated carbocycles. The van der Waals surface area contributed by atoms with Crippen molar-refractivity contribution in [2.75, 3.05) is 0 Å². The SMILES string of the molecule is CC(=O)c1ccc(C(=O)NC(C)c2ccc(F)c(F)c2)s1. The fourth-order valence-corrected chi connectivity index (χ4v) is 2.59. The minimum absolute atomic E-state index is 0.104. The Morgan fingerprint density at radius 1 is 1.10 bits per heavy atom. The van der Waals surface area contributed by atoms with Crippen molar-refractivity contribution in [3.8, 4) is 0 Å². The standard InChI is InChI=1S/C15H13F2NO2S/c1-8(10-3-4-11(16)12(17)7-10)18-15(20)14-6-5-13(21-14)9(2)19/h3-8H,1-2H3,(H,18,20). The van der Waals surface area contributed by atoms with Crippen LogP contribution in [0.15, 0.2) is 30.3 Å². The molecule has 0 spiro atoms. The fourth-order valence-electron chi connectivity index (χ4n) is 1.78. The average Bonchev–Trinajstić information content (AvgIpc) is 2.91. The Labute approximate surface area is 124 Å². The van der Waals surface area contributed by atoms with Crippen molar-refractivity contribution < 1.29 is 18.4 Å². The molecule has 1 aromatic carbocycles. The van der Waals surface area contributed by atoms with Crippen molar-refractivity contribution in [1.29, 1.82) is 0 Å². The van der Waals surface area contributed by atoms with Gasteiger partial charge >= 0.3 is 0 Å². The maximum Gasteiger partial charge on any atom is 0.261 e. The maximum atomic E-state index is 13.2. The number of halogens is 2. The fraction of sp³-hybridized carbons (Fsp3) is 0.200. The van der Waals surface area contributed by atoms with Gasteiger partial charge in [-0.05, 0) is 43.7 Å². The van der Waals surface area contributed by atoms with E-state index in [2.05, 4.69) is 5.32 Å². The highest BCUT2D eigenvalue weighted by molar-refractivity contribution is 7.15. The smallest absolute Gasteiger partial charge is 0.261 e. The molecule has 0 aliphatic rings. The van der Waals surface area contributed by atoms with E-state index in [0.29, 0.717) is 15.3 Å². The number of nitrogens with one attached hydrogen (secondary N) is 1. The van der Waals surface area contributed by atoms with Crippen LogP contribution in [0.2, 0.25) is 0 Å². The zero-order valence-corrected chi connectivity index (χ0v) is 12.3. The van der Waals surface area contributed by atoms with Crippen molar-refractivity contribution in [2.24, 2.45) is 0 Å². The molecule has 0 saturated heterocycles. The second kappa shape index (κ2) is 6.13. The van der Waals surface area contributed by atoms with Crippen molar-refractivity contribution in [3.63, 3.8) is 0 Å². The minimum Gasteiger partial charge on any atom is -0.345 e. The molecule has 2 rings (SSSR count). The first-order valence-corrected chi connectivity index (χ1v) is 7.06. The first-order valence-electron chi connectivity index (χ1n) is 6.25. The highest BCUT2D eigenvalue weighted by atomic mass is 32.1. The molecule has 0 bridgehead atoms. The van der Waals surface area contributed by atoms with E-state index in [9.17, 15) is 18.4 Å². The lowest BCUT2D eigenvalue weighted by atomic mass is 10.1. The van der Waals surface area contributed by atoms with E-state index in [1.807, 2.05) is 0 Å². The minimum atomic E-state index is -0.955. The molecule has 0 aliphatic carbocycles. The zero-order valence-electron chi connectivity index (χ0n) is 11.4. The molecule has 1 aromatic heterocycles. The van der Waals surface area contributed by atoms with Crippen molar-refractivity contribution in [2.45, 2.75) is 19.9 Å². The van der Waals surface area contributed by atoms with Gasteiger partial charge in [-0.15, -0.1) is 11.3 Å². The van der Waals surface area contributed by atoms with Crippen LogP contribution in [0, 0.1) is 11.6 Å². The van der Waals surface area contributed by atoms with Crippen LogP contribution in [0.5, 0.6) is 0 Å². The van der Waals surface area contributed by atoms with E-state index in [-0.39, 0.29) is 11.7 Å². The van der Waals surface area contributed by atoms with Gasteiger partial charge in [-0.25, -0.2) is 8.78 Å². The lowest BCUT2D eigenvalue weighted by Gasteiger charge is -2.13. The third kappa shape index (κ3) is 3.52. The summed E-state index contributed by atoms with van der Waals surface area (Å²) < 4.78 is 26.0. The van der Waals surface area contributed by atoms with E-state index in [0.717, 1.165) is 23.5 Å². The Hall–Kier alpha value is -2.08. The molecule has 1 atom stereocenters. The van der Waals surface area contributed by atoms with E-state index in [1.54, 1.807) is 19.1 Å². The lowest BCUT2D eigenvalue weighted by molar-refractivity contribution is 0.0943. The lowest BCUT2D eigenvalue weighted by Crippen LogP contribution is -2.26. The Bertz CT molecular complexity index is 697. The van der Waals surface area contributed by atoms with E-state index >= 15 is 0 Å². The second-order valence-electron chi connectivity index (χ2n) is 4.59. The number of hydrogen-bond acceptors (Lipinski definition) is 3. The van der Waals surface area contributed by atoms with E-state index in [1.165, 1.54) is 13.0 Å². The molecular weight excluding hydrogens is 296 g/mol. The molecular formula is C15H13F2NO2S. The van der Waals surface area contributed by atoms with Gasteiger partial charge < -0.3 is 5.32 Å². The van der Waals surface area contributed by atoms with Gasteiger partial charge in [-0.3, -0.25) is 9.59 Å². The van der Waals surface area contributed by atoms with Crippen molar-refractivity contribution in [3.05, 3.63) is 57.3 Å². The van der Waals surface area contributed by atoms with Gasteiger partial charge in [0.05, 0.1) is 15.8 Å². The van der Waals surface area contributed by atoms with Crippen LogP contribution in [0.3, 0.4) is 0 Å². The monoisotopic (exact) mass is 309 g/mol. The number of benzene rings is 1. The molecule has 110 valence electrons. The Balaban J connectivity index is 2.10. The number of ketones is 1. The third-order valence-corrected chi connectivity index (χ3v) is 4.15. The predicted octanol–water partition coefficient (Wildman–Crippen LogP) is 3.72. The summed E-state index contributed by atoms with van der Waals surface area (Å²) in [5.41, 5.74) is 0.464. The van der Waals surface area contributed by atoms with Crippen LogP contribution < -0.4 is 5.32 Å². The number of rotatable bonds is 4. The van der Waals surface area contributed by atoms with Gasteiger partial charge in [-0.2, -0.15) is 0 Å². The van der Waals surface area contributed by atoms with Crippen molar-refractivity contribution >= 4 is 23.0 Å². The summed E-state index contributed by atoms with van der Waals surface area (Å²) in [6.45, 7) is 3.10. The molecule has 1 N–H and O–H groups in total. The normalized spacial score (nSPS) is 12.0. The zero-order chi connectivity index (χ0) is 15.6. The van der Waals surface area contributed by atoms with Gasteiger partial charge in [-0.1, -0.05) is 6.07 Å². The number of carbonyl (C=O) groups is 2. The number of thiophene rings is 1. The molecule has 21 heavy (non-hydrogen) atoms. The largest absolute Gasteiger partial charge is 0.345 e. The Morgan fingerprint density at radius 2 is 1.76 bits per heavy atom. The molecule has 1 heterocycles. The predicted molar refractivity (Wildman–Crippen MR) is 76.6 cm³/mol. The quantitative estimate of drug-likeness (QED) is 0.875. The second-order valence-corrected chi connectivity index (χ2v) is 5.67. The highest BCUT2D eigenvalue weighted by Gasteiger charge is 2.15. The topological polar surface area (TPSA) is 46.2 Å². The summed E-state index contributed by atoms with van der Waals surface area (Å²) in [7, 11) is 0. The van der Waals surface area contributed by atoms with Crippen LogP contribution in [0.4, 0.5) is 8.78 Å². The van der Waals surface area contributed by atoms with Crippen molar-refractivity contribution in [1.82, 2.24) is 5.32 Å². The van der Waals surface area contributed by atoms with Gasteiger partial charge in [0.15, 0.2) is 17.4 Å². The Morgan fingerprint density at radius 3 is 2.33 bits per heavy atom. The highest BCUT2D eigenvalue weighted by Crippen LogP contribution is 2.20. The van der Waals surface area contributed by atoms with Crippen LogP contribution in [-0.4, -0.2) is 11.7 Å². The molecule has 2 aromatic rings. The summed E-state index contributed by atoms with van der Waals surface area (Å²) in [6, 6.07) is 6.16. The van der Waals surface area contributed by atoms with E-state index in [4.69, 9.17) is 0 Å². The molecule has 3 nitrogen and oxygen atoms in total.